The van der Waals surface area contributed by atoms with Crippen LogP contribution in [0.2, 0.25) is 0 Å². The molecule has 0 saturated carbocycles. The highest BCUT2D eigenvalue weighted by Crippen LogP contribution is 2.09. The van der Waals surface area contributed by atoms with Gasteiger partial charge in [0.15, 0.2) is 0 Å². The van der Waals surface area contributed by atoms with Crippen molar-refractivity contribution in [3.63, 3.8) is 0 Å². The molecule has 0 aliphatic carbocycles. The molecule has 0 radical (unpaired) electrons. The van der Waals surface area contributed by atoms with Crippen molar-refractivity contribution in [3.8, 4) is 0 Å². The van der Waals surface area contributed by atoms with Crippen LogP contribution in [0.3, 0.4) is 0 Å². The van der Waals surface area contributed by atoms with Gasteiger partial charge in [-0.3, -0.25) is 4.79 Å². The third-order valence-corrected chi connectivity index (χ3v) is 3.40. The number of carbonyl (C=O) groups is 1. The number of aromatic nitrogens is 1. The number of rotatable bonds is 5. The maximum absolute atomic E-state index is 11.7. The van der Waals surface area contributed by atoms with Crippen LogP contribution in [0.15, 0.2) is 5.38 Å². The normalized spacial score (nSPS) is 12.1. The van der Waals surface area contributed by atoms with E-state index in [2.05, 4.69) is 10.3 Å². The molecule has 6 heteroatoms. The standard InChI is InChI=1S/C10H15N3OS2/c1-3-7(9(11)15)10(14)12-4-8-13-6(2)5-16-8/h5,7H,3-4H2,1-2H3,(H2,11,15)(H,12,14). The number of nitrogens with zero attached hydrogens (tertiary/aromatic N) is 1. The molecule has 1 atom stereocenters. The van der Waals surface area contributed by atoms with Crippen molar-refractivity contribution in [2.75, 3.05) is 0 Å². The van der Waals surface area contributed by atoms with E-state index in [9.17, 15) is 4.79 Å². The summed E-state index contributed by atoms with van der Waals surface area (Å²) in [5, 5.41) is 5.63. The molecule has 0 spiro atoms. The Morgan fingerprint density at radius 2 is 2.44 bits per heavy atom. The lowest BCUT2D eigenvalue weighted by molar-refractivity contribution is -0.123. The molecule has 0 saturated heterocycles. The molecule has 3 N–H and O–H groups in total. The Morgan fingerprint density at radius 1 is 1.75 bits per heavy atom. The highest BCUT2D eigenvalue weighted by atomic mass is 32.1. The average Bonchev–Trinajstić information content (AvgIpc) is 2.62. The lowest BCUT2D eigenvalue weighted by Crippen LogP contribution is -2.37. The Balaban J connectivity index is 2.49. The summed E-state index contributed by atoms with van der Waals surface area (Å²) >= 11 is 6.36. The minimum absolute atomic E-state index is 0.122. The van der Waals surface area contributed by atoms with E-state index in [0.717, 1.165) is 10.7 Å². The zero-order valence-electron chi connectivity index (χ0n) is 9.32. The van der Waals surface area contributed by atoms with Crippen LogP contribution in [0.5, 0.6) is 0 Å². The topological polar surface area (TPSA) is 68.0 Å². The van der Waals surface area contributed by atoms with Gasteiger partial charge in [-0.2, -0.15) is 0 Å². The van der Waals surface area contributed by atoms with Crippen molar-refractivity contribution < 1.29 is 4.79 Å². The fourth-order valence-electron chi connectivity index (χ4n) is 1.29. The van der Waals surface area contributed by atoms with Gasteiger partial charge >= 0.3 is 0 Å². The number of nitrogens with two attached hydrogens (primary N) is 1. The summed E-state index contributed by atoms with van der Waals surface area (Å²) in [5.74, 6) is -0.501. The molecule has 1 heterocycles. The van der Waals surface area contributed by atoms with E-state index in [1.807, 2.05) is 19.2 Å². The van der Waals surface area contributed by atoms with Crippen LogP contribution < -0.4 is 11.1 Å². The van der Waals surface area contributed by atoms with Crippen molar-refractivity contribution in [1.29, 1.82) is 0 Å². The Morgan fingerprint density at radius 3 is 2.88 bits per heavy atom. The summed E-state index contributed by atoms with van der Waals surface area (Å²) < 4.78 is 0. The van der Waals surface area contributed by atoms with Crippen LogP contribution in [-0.2, 0) is 11.3 Å². The van der Waals surface area contributed by atoms with Gasteiger partial charge in [-0.1, -0.05) is 19.1 Å². The predicted octanol–water partition coefficient (Wildman–Crippen LogP) is 1.38. The second-order valence-electron chi connectivity index (χ2n) is 3.46. The number of hydrogen-bond donors (Lipinski definition) is 2. The first-order chi connectivity index (χ1) is 7.54. The Hall–Kier alpha value is -1.01. The van der Waals surface area contributed by atoms with Crippen molar-refractivity contribution in [3.05, 3.63) is 16.1 Å². The smallest absolute Gasteiger partial charge is 0.230 e. The summed E-state index contributed by atoms with van der Waals surface area (Å²) in [6, 6.07) is 0. The molecule has 1 amide bonds. The average molecular weight is 257 g/mol. The SMILES string of the molecule is CCC(C(=O)NCc1nc(C)cs1)C(N)=S. The lowest BCUT2D eigenvalue weighted by atomic mass is 10.1. The highest BCUT2D eigenvalue weighted by Gasteiger charge is 2.18. The molecule has 0 bridgehead atoms. The number of thiocarbonyl (C=S) groups is 1. The van der Waals surface area contributed by atoms with Gasteiger partial charge in [-0.15, -0.1) is 11.3 Å². The largest absolute Gasteiger partial charge is 0.393 e. The van der Waals surface area contributed by atoms with Gasteiger partial charge in [0.05, 0.1) is 17.5 Å². The molecule has 1 unspecified atom stereocenters. The quantitative estimate of drug-likeness (QED) is 0.782. The third kappa shape index (κ3) is 3.53. The molecular weight excluding hydrogens is 242 g/mol. The second-order valence-corrected chi connectivity index (χ2v) is 4.88. The number of nitrogens with one attached hydrogen (secondary N) is 1. The predicted molar refractivity (Wildman–Crippen MR) is 69.3 cm³/mol. The van der Waals surface area contributed by atoms with Gasteiger partial charge in [-0.05, 0) is 13.3 Å². The van der Waals surface area contributed by atoms with Crippen LogP contribution in [-0.4, -0.2) is 15.9 Å². The lowest BCUT2D eigenvalue weighted by Gasteiger charge is -2.12. The minimum atomic E-state index is -0.379. The first-order valence-electron chi connectivity index (χ1n) is 5.02. The molecule has 0 aliphatic heterocycles. The van der Waals surface area contributed by atoms with Gasteiger partial charge in [0.2, 0.25) is 5.91 Å². The number of thiazole rings is 1. The molecule has 0 aromatic carbocycles. The Bertz CT molecular complexity index is 389. The molecule has 4 nitrogen and oxygen atoms in total. The summed E-state index contributed by atoms with van der Waals surface area (Å²) in [4.78, 5) is 16.2. The molecule has 0 aliphatic rings. The Kier molecular flexibility index (Phi) is 4.82. The van der Waals surface area contributed by atoms with E-state index in [1.54, 1.807) is 0 Å². The van der Waals surface area contributed by atoms with E-state index in [0.29, 0.717) is 13.0 Å². The zero-order valence-corrected chi connectivity index (χ0v) is 11.0. The molecule has 0 fully saturated rings. The molecule has 1 aromatic rings. The molecular formula is C10H15N3OS2. The first kappa shape index (κ1) is 13.1. The first-order valence-corrected chi connectivity index (χ1v) is 6.31. The summed E-state index contributed by atoms with van der Waals surface area (Å²) in [6.07, 6.45) is 0.623. The van der Waals surface area contributed by atoms with E-state index < -0.39 is 0 Å². The zero-order chi connectivity index (χ0) is 12.1. The number of amides is 1. The van der Waals surface area contributed by atoms with Crippen LogP contribution in [0, 0.1) is 12.8 Å². The Labute approximate surface area is 104 Å². The van der Waals surface area contributed by atoms with Crippen LogP contribution in [0.4, 0.5) is 0 Å². The van der Waals surface area contributed by atoms with Crippen LogP contribution in [0.25, 0.3) is 0 Å². The maximum atomic E-state index is 11.7. The van der Waals surface area contributed by atoms with Crippen molar-refractivity contribution >= 4 is 34.5 Å². The molecule has 1 rings (SSSR count). The van der Waals surface area contributed by atoms with E-state index in [4.69, 9.17) is 18.0 Å². The summed E-state index contributed by atoms with van der Waals surface area (Å²) in [7, 11) is 0. The van der Waals surface area contributed by atoms with Gasteiger partial charge in [-0.25, -0.2) is 4.98 Å². The van der Waals surface area contributed by atoms with Crippen molar-refractivity contribution in [2.24, 2.45) is 11.7 Å². The van der Waals surface area contributed by atoms with Gasteiger partial charge < -0.3 is 11.1 Å². The molecule has 88 valence electrons. The third-order valence-electron chi connectivity index (χ3n) is 2.15. The van der Waals surface area contributed by atoms with Crippen molar-refractivity contribution in [2.45, 2.75) is 26.8 Å². The van der Waals surface area contributed by atoms with Gasteiger partial charge in [0.1, 0.15) is 5.01 Å². The minimum Gasteiger partial charge on any atom is -0.393 e. The molecule has 1 aromatic heterocycles. The highest BCUT2D eigenvalue weighted by molar-refractivity contribution is 7.80. The fraction of sp³-hybridized carbons (Fsp3) is 0.500. The second kappa shape index (κ2) is 5.91. The van der Waals surface area contributed by atoms with Gasteiger partial charge in [0, 0.05) is 11.1 Å². The monoisotopic (exact) mass is 257 g/mol. The van der Waals surface area contributed by atoms with E-state index in [-0.39, 0.29) is 16.8 Å². The van der Waals surface area contributed by atoms with Crippen molar-refractivity contribution in [1.82, 2.24) is 10.3 Å². The summed E-state index contributed by atoms with van der Waals surface area (Å²) in [6.45, 7) is 4.25. The van der Waals surface area contributed by atoms with E-state index in [1.165, 1.54) is 11.3 Å². The molecule has 16 heavy (non-hydrogen) atoms. The van der Waals surface area contributed by atoms with Crippen LogP contribution in [0.1, 0.15) is 24.0 Å². The van der Waals surface area contributed by atoms with Crippen LogP contribution >= 0.6 is 23.6 Å². The fourth-order valence-corrected chi connectivity index (χ4v) is 2.27. The number of aryl methyl sites for hydroxylation is 1. The van der Waals surface area contributed by atoms with Gasteiger partial charge in [0.25, 0.3) is 0 Å². The summed E-state index contributed by atoms with van der Waals surface area (Å²) in [5.41, 5.74) is 6.45. The maximum Gasteiger partial charge on any atom is 0.230 e. The number of hydrogen-bond acceptors (Lipinski definition) is 4. The van der Waals surface area contributed by atoms with E-state index >= 15 is 0 Å². The number of carbonyl (C=O) groups excluding carboxylic acids is 1.